The van der Waals surface area contributed by atoms with Crippen molar-refractivity contribution in [3.63, 3.8) is 0 Å². The molecule has 10 nitrogen and oxygen atoms in total. The van der Waals surface area contributed by atoms with E-state index < -0.39 is 23.0 Å². The summed E-state index contributed by atoms with van der Waals surface area (Å²) in [5.74, 6) is -0.960. The summed E-state index contributed by atoms with van der Waals surface area (Å²) in [7, 11) is 1.27. The number of aromatic amines is 1. The van der Waals surface area contributed by atoms with Gasteiger partial charge in [-0.05, 0) is 55.0 Å². The first-order chi connectivity index (χ1) is 16.8. The van der Waals surface area contributed by atoms with Gasteiger partial charge >= 0.3 is 5.97 Å². The summed E-state index contributed by atoms with van der Waals surface area (Å²) in [6.45, 7) is 1.60. The van der Waals surface area contributed by atoms with E-state index in [2.05, 4.69) is 20.9 Å². The number of nitrogens with zero attached hydrogens (tertiary/aromatic N) is 4. The van der Waals surface area contributed by atoms with Gasteiger partial charge in [-0.2, -0.15) is 5.26 Å². The number of carbonyl (C=O) groups is 1. The fourth-order valence-electron chi connectivity index (χ4n) is 4.05. The highest BCUT2D eigenvalue weighted by Gasteiger charge is 2.19. The van der Waals surface area contributed by atoms with E-state index in [1.807, 2.05) is 0 Å². The van der Waals surface area contributed by atoms with Gasteiger partial charge < -0.3 is 9.84 Å². The van der Waals surface area contributed by atoms with E-state index in [9.17, 15) is 24.8 Å². The minimum absolute atomic E-state index is 0.0804. The number of benzene rings is 2. The van der Waals surface area contributed by atoms with E-state index in [-0.39, 0.29) is 22.0 Å². The molecule has 2 aromatic carbocycles. The molecule has 0 aliphatic rings. The van der Waals surface area contributed by atoms with Gasteiger partial charge in [-0.15, -0.1) is 0 Å². The maximum atomic E-state index is 13.5. The maximum Gasteiger partial charge on any atom is 0.337 e. The van der Waals surface area contributed by atoms with Gasteiger partial charge in [-0.3, -0.25) is 19.1 Å². The molecule has 0 bridgehead atoms. The average Bonchev–Trinajstić information content (AvgIpc) is 3.39. The largest absolute Gasteiger partial charge is 0.493 e. The zero-order valence-electron chi connectivity index (χ0n) is 18.6. The molecule has 0 saturated carbocycles. The summed E-state index contributed by atoms with van der Waals surface area (Å²) < 4.78 is 7.14. The van der Waals surface area contributed by atoms with Crippen LogP contribution in [0.5, 0.6) is 5.88 Å². The molecule has 5 rings (SSSR count). The number of aromatic nitrogens is 4. The molecule has 35 heavy (non-hydrogen) atoms. The lowest BCUT2D eigenvalue weighted by Crippen LogP contribution is -2.34. The third-order valence-corrected chi connectivity index (χ3v) is 5.85. The first-order valence-corrected chi connectivity index (χ1v) is 10.4. The zero-order chi connectivity index (χ0) is 24.9. The predicted octanol–water partition coefficient (Wildman–Crippen LogP) is 1.55. The van der Waals surface area contributed by atoms with Crippen LogP contribution in [0.3, 0.4) is 0 Å². The number of hydrogen-bond donors (Lipinski definition) is 2. The summed E-state index contributed by atoms with van der Waals surface area (Å²) in [6, 6.07) is 15.1. The number of carbonyl (C=O) groups excluding carboxylic acids is 1. The van der Waals surface area contributed by atoms with Gasteiger partial charge in [0.15, 0.2) is 5.65 Å². The van der Waals surface area contributed by atoms with Crippen molar-refractivity contribution in [3.05, 3.63) is 96.7 Å². The van der Waals surface area contributed by atoms with Crippen LogP contribution in [0.25, 0.3) is 28.4 Å². The van der Waals surface area contributed by atoms with Crippen molar-refractivity contribution < 1.29 is 14.6 Å². The Labute approximate surface area is 196 Å². The SMILES string of the molecule is COC(=O)c1ccc(-n2[nH]c(=O)c(/C=c3\c(C)c(C#N)c4nc5ccccc5n4c3=O)c2O)cc1. The highest BCUT2D eigenvalue weighted by molar-refractivity contribution is 5.89. The molecular formula is C25H17N5O5. The van der Waals surface area contributed by atoms with Crippen molar-refractivity contribution in [1.82, 2.24) is 19.2 Å². The second-order valence-electron chi connectivity index (χ2n) is 7.79. The molecule has 3 aromatic heterocycles. The predicted molar refractivity (Wildman–Crippen MR) is 127 cm³/mol. The Balaban J connectivity index is 1.75. The first-order valence-electron chi connectivity index (χ1n) is 10.4. The molecule has 2 N–H and O–H groups in total. The van der Waals surface area contributed by atoms with E-state index in [0.717, 1.165) is 4.68 Å². The molecule has 0 radical (unpaired) electrons. The van der Waals surface area contributed by atoms with Crippen molar-refractivity contribution in [1.29, 1.82) is 5.26 Å². The summed E-state index contributed by atoms with van der Waals surface area (Å²) in [5, 5.41) is 23.2. The highest BCUT2D eigenvalue weighted by atomic mass is 16.5. The fraction of sp³-hybridized carbons (Fsp3) is 0.0800. The molecule has 172 valence electrons. The van der Waals surface area contributed by atoms with Crippen LogP contribution in [0.2, 0.25) is 0 Å². The normalized spacial score (nSPS) is 11.7. The van der Waals surface area contributed by atoms with E-state index in [4.69, 9.17) is 0 Å². The number of para-hydroxylation sites is 2. The summed E-state index contributed by atoms with van der Waals surface area (Å²) in [6.07, 6.45) is 1.26. The van der Waals surface area contributed by atoms with Gasteiger partial charge in [0.2, 0.25) is 5.88 Å². The summed E-state index contributed by atoms with van der Waals surface area (Å²) >= 11 is 0. The van der Waals surface area contributed by atoms with E-state index >= 15 is 0 Å². The Bertz CT molecular complexity index is 1870. The molecule has 10 heteroatoms. The van der Waals surface area contributed by atoms with Gasteiger partial charge in [-0.25, -0.2) is 14.5 Å². The molecule has 0 saturated heterocycles. The number of fused-ring (bicyclic) bond motifs is 3. The first kappa shape index (κ1) is 21.7. The molecule has 0 fully saturated rings. The molecule has 0 spiro atoms. The van der Waals surface area contributed by atoms with Crippen LogP contribution in [0, 0.1) is 18.3 Å². The number of nitriles is 1. The van der Waals surface area contributed by atoms with Gasteiger partial charge in [-0.1, -0.05) is 12.1 Å². The molecule has 3 heterocycles. The number of H-pyrrole nitrogens is 1. The number of pyridine rings is 1. The maximum absolute atomic E-state index is 13.5. The van der Waals surface area contributed by atoms with Crippen LogP contribution in [-0.4, -0.2) is 37.4 Å². The number of aromatic hydroxyl groups is 1. The average molecular weight is 467 g/mol. The molecular weight excluding hydrogens is 450 g/mol. The van der Waals surface area contributed by atoms with Crippen LogP contribution >= 0.6 is 0 Å². The lowest BCUT2D eigenvalue weighted by atomic mass is 10.1. The standard InChI is InChI=1S/C25H17N5O5/c1-13-16(23(32)29-20-6-4-3-5-19(20)27-21(29)18(13)12-26)11-17-22(31)28-30(24(17)33)15-9-7-14(8-10-15)25(34)35-2/h3-11,33H,1-2H3,(H,28,31)/b16-11+. The topological polar surface area (TPSA) is 142 Å². The Hall–Kier alpha value is -5.17. The second kappa shape index (κ2) is 8.00. The van der Waals surface area contributed by atoms with Gasteiger partial charge in [0.05, 0.1) is 35.0 Å². The lowest BCUT2D eigenvalue weighted by Gasteiger charge is -2.05. The van der Waals surface area contributed by atoms with Crippen LogP contribution < -0.4 is 16.3 Å². The van der Waals surface area contributed by atoms with Crippen molar-refractivity contribution in [2.75, 3.05) is 7.11 Å². The molecule has 5 aromatic rings. The van der Waals surface area contributed by atoms with Crippen LogP contribution in [0.4, 0.5) is 0 Å². The third-order valence-electron chi connectivity index (χ3n) is 5.85. The Morgan fingerprint density at radius 1 is 1.17 bits per heavy atom. The zero-order valence-corrected chi connectivity index (χ0v) is 18.6. The molecule has 0 unspecified atom stereocenters. The molecule has 0 aliphatic carbocycles. The quantitative estimate of drug-likeness (QED) is 0.383. The molecule has 0 atom stereocenters. The fourth-order valence-corrected chi connectivity index (χ4v) is 4.05. The lowest BCUT2D eigenvalue weighted by molar-refractivity contribution is 0.0600. The van der Waals surface area contributed by atoms with Gasteiger partial charge in [0.1, 0.15) is 11.6 Å². The summed E-state index contributed by atoms with van der Waals surface area (Å²) in [4.78, 5) is 42.3. The minimum atomic E-state index is -0.646. The monoisotopic (exact) mass is 467 g/mol. The van der Waals surface area contributed by atoms with Crippen molar-refractivity contribution in [2.24, 2.45) is 0 Å². The van der Waals surface area contributed by atoms with E-state index in [1.165, 1.54) is 41.9 Å². The highest BCUT2D eigenvalue weighted by Crippen LogP contribution is 2.21. The van der Waals surface area contributed by atoms with Gasteiger partial charge in [0.25, 0.3) is 11.1 Å². The van der Waals surface area contributed by atoms with E-state index in [0.29, 0.717) is 27.8 Å². The Morgan fingerprint density at radius 2 is 1.89 bits per heavy atom. The number of rotatable bonds is 3. The van der Waals surface area contributed by atoms with E-state index in [1.54, 1.807) is 31.2 Å². The second-order valence-corrected chi connectivity index (χ2v) is 7.79. The van der Waals surface area contributed by atoms with Crippen LogP contribution in [-0.2, 0) is 4.74 Å². The number of ether oxygens (including phenoxy) is 1. The Kier molecular flexibility index (Phi) is 4.95. The number of methoxy groups -OCH3 is 1. The summed E-state index contributed by atoms with van der Waals surface area (Å²) in [5.41, 5.74) is 1.25. The van der Waals surface area contributed by atoms with Crippen molar-refractivity contribution in [3.8, 4) is 17.6 Å². The minimum Gasteiger partial charge on any atom is -0.493 e. The van der Waals surface area contributed by atoms with Gasteiger partial charge in [0, 0.05) is 5.22 Å². The van der Waals surface area contributed by atoms with Crippen molar-refractivity contribution >= 4 is 28.7 Å². The van der Waals surface area contributed by atoms with Crippen molar-refractivity contribution in [2.45, 2.75) is 6.92 Å². The van der Waals surface area contributed by atoms with Crippen LogP contribution in [0.1, 0.15) is 27.0 Å². The number of esters is 1. The smallest absolute Gasteiger partial charge is 0.337 e. The molecule has 0 aliphatic heterocycles. The number of imidazole rings is 1. The number of nitrogens with one attached hydrogen (secondary N) is 1. The third kappa shape index (κ3) is 3.26. The molecule has 0 amide bonds. The Morgan fingerprint density at radius 3 is 2.57 bits per heavy atom. The van der Waals surface area contributed by atoms with Crippen LogP contribution in [0.15, 0.2) is 58.1 Å². The number of hydrogen-bond acceptors (Lipinski definition) is 7.